The van der Waals surface area contributed by atoms with E-state index >= 15 is 0 Å². The van der Waals surface area contributed by atoms with Crippen molar-refractivity contribution in [2.24, 2.45) is 0 Å². The minimum atomic E-state index is -4.45. The van der Waals surface area contributed by atoms with Gasteiger partial charge in [0.2, 0.25) is 5.91 Å². The summed E-state index contributed by atoms with van der Waals surface area (Å²) in [5.41, 5.74) is -1.18. The van der Waals surface area contributed by atoms with Crippen LogP contribution in [0.15, 0.2) is 18.3 Å². The average Bonchev–Trinajstić information content (AvgIpc) is 3.22. The first-order valence-corrected chi connectivity index (χ1v) is 11.1. The molecule has 2 unspecified atom stereocenters. The molecule has 0 radical (unpaired) electrons. The second-order valence-electron chi connectivity index (χ2n) is 8.96. The summed E-state index contributed by atoms with van der Waals surface area (Å²) in [7, 11) is 0. The second kappa shape index (κ2) is 8.70. The maximum Gasteiger partial charge on any atom is 0.417 e. The van der Waals surface area contributed by atoms with Crippen molar-refractivity contribution in [2.45, 2.75) is 75.5 Å². The van der Waals surface area contributed by atoms with Gasteiger partial charge in [0.15, 0.2) is 5.65 Å². The van der Waals surface area contributed by atoms with Crippen molar-refractivity contribution in [1.29, 1.82) is 5.26 Å². The number of hydrogen-bond acceptors (Lipinski definition) is 5. The Morgan fingerprint density at radius 2 is 2.00 bits per heavy atom. The molecule has 1 aliphatic carbocycles. The van der Waals surface area contributed by atoms with Crippen LogP contribution in [0.25, 0.3) is 5.65 Å². The Balaban J connectivity index is 1.50. The third-order valence-electron chi connectivity index (χ3n) is 6.78. The van der Waals surface area contributed by atoms with E-state index < -0.39 is 23.3 Å². The number of carbonyl (C=O) groups excluding carboxylic acids is 1. The molecule has 1 aliphatic heterocycles. The molecule has 0 bridgehead atoms. The fourth-order valence-corrected chi connectivity index (χ4v) is 4.85. The van der Waals surface area contributed by atoms with Gasteiger partial charge in [-0.05, 0) is 51.3 Å². The number of fused-ring (bicyclic) bond motifs is 1. The van der Waals surface area contributed by atoms with E-state index in [1.807, 2.05) is 11.8 Å². The molecular formula is C22H27F3N6O. The molecule has 10 heteroatoms. The molecule has 0 aromatic carbocycles. The van der Waals surface area contributed by atoms with Crippen molar-refractivity contribution in [3.05, 3.63) is 29.7 Å². The van der Waals surface area contributed by atoms with E-state index in [4.69, 9.17) is 0 Å². The van der Waals surface area contributed by atoms with Gasteiger partial charge in [0, 0.05) is 18.7 Å². The largest absolute Gasteiger partial charge is 0.417 e. The molecule has 1 N–H and O–H groups in total. The molecule has 32 heavy (non-hydrogen) atoms. The average molecular weight is 448 g/mol. The summed E-state index contributed by atoms with van der Waals surface area (Å²) in [5, 5.41) is 20.8. The van der Waals surface area contributed by atoms with E-state index in [1.165, 1.54) is 10.5 Å². The number of rotatable bonds is 4. The van der Waals surface area contributed by atoms with Gasteiger partial charge >= 0.3 is 6.18 Å². The number of alkyl halides is 3. The standard InChI is InChI=1S/C22H27F3N6O/c1-15(20(32)27-21(14-26)9-3-2-4-10-21)30-11-5-6-16(12-30)19-29-28-18-8-7-17(13-31(18)19)22(23,24)25/h7-8,13,15-16H,2-6,9-12H2,1H3,(H,27,32). The molecule has 1 saturated carbocycles. The van der Waals surface area contributed by atoms with Gasteiger partial charge in [0.25, 0.3) is 0 Å². The molecule has 172 valence electrons. The highest BCUT2D eigenvalue weighted by Gasteiger charge is 2.37. The summed E-state index contributed by atoms with van der Waals surface area (Å²) in [6.07, 6.45) is 2.39. The summed E-state index contributed by atoms with van der Waals surface area (Å²) >= 11 is 0. The number of likely N-dealkylation sites (tertiary alicyclic amines) is 1. The maximum absolute atomic E-state index is 13.2. The smallest absolute Gasteiger partial charge is 0.336 e. The Labute approximate surface area is 184 Å². The first-order valence-electron chi connectivity index (χ1n) is 11.1. The highest BCUT2D eigenvalue weighted by atomic mass is 19.4. The van der Waals surface area contributed by atoms with Crippen LogP contribution in [-0.4, -0.2) is 50.1 Å². The van der Waals surface area contributed by atoms with Crippen LogP contribution in [0.4, 0.5) is 13.2 Å². The predicted molar refractivity (Wildman–Crippen MR) is 111 cm³/mol. The van der Waals surface area contributed by atoms with E-state index in [9.17, 15) is 23.2 Å². The number of amides is 1. The lowest BCUT2D eigenvalue weighted by Gasteiger charge is -2.38. The van der Waals surface area contributed by atoms with Crippen LogP contribution in [-0.2, 0) is 11.0 Å². The number of pyridine rings is 1. The predicted octanol–water partition coefficient (Wildman–Crippen LogP) is 3.66. The number of carbonyl (C=O) groups is 1. The van der Waals surface area contributed by atoms with Crippen LogP contribution in [0, 0.1) is 11.3 Å². The summed E-state index contributed by atoms with van der Waals surface area (Å²) in [5.74, 6) is 0.154. The molecule has 4 rings (SSSR count). The first-order chi connectivity index (χ1) is 15.2. The Morgan fingerprint density at radius 1 is 1.25 bits per heavy atom. The molecule has 3 heterocycles. The van der Waals surface area contributed by atoms with Gasteiger partial charge in [-0.25, -0.2) is 0 Å². The molecule has 2 atom stereocenters. The van der Waals surface area contributed by atoms with Crippen LogP contribution in [0.3, 0.4) is 0 Å². The van der Waals surface area contributed by atoms with E-state index in [1.54, 1.807) is 0 Å². The number of hydrogen-bond donors (Lipinski definition) is 1. The quantitative estimate of drug-likeness (QED) is 0.772. The van der Waals surface area contributed by atoms with Gasteiger partial charge in [-0.15, -0.1) is 10.2 Å². The lowest BCUT2D eigenvalue weighted by Crippen LogP contribution is -2.56. The fraction of sp³-hybridized carbons (Fsp3) is 0.636. The summed E-state index contributed by atoms with van der Waals surface area (Å²) in [6, 6.07) is 4.19. The van der Waals surface area contributed by atoms with Crippen LogP contribution >= 0.6 is 0 Å². The zero-order valence-corrected chi connectivity index (χ0v) is 18.0. The first kappa shape index (κ1) is 22.5. The third-order valence-corrected chi connectivity index (χ3v) is 6.78. The van der Waals surface area contributed by atoms with Gasteiger partial charge in [0.1, 0.15) is 11.4 Å². The maximum atomic E-state index is 13.2. The van der Waals surface area contributed by atoms with E-state index in [2.05, 4.69) is 21.6 Å². The summed E-state index contributed by atoms with van der Waals surface area (Å²) in [4.78, 5) is 15.0. The number of piperidine rings is 1. The van der Waals surface area contributed by atoms with Gasteiger partial charge in [-0.2, -0.15) is 18.4 Å². The van der Waals surface area contributed by atoms with Crippen molar-refractivity contribution < 1.29 is 18.0 Å². The number of nitrogens with one attached hydrogen (secondary N) is 1. The molecule has 0 spiro atoms. The highest BCUT2D eigenvalue weighted by Crippen LogP contribution is 2.32. The van der Waals surface area contributed by atoms with Gasteiger partial charge < -0.3 is 5.32 Å². The lowest BCUT2D eigenvalue weighted by molar-refractivity contribution is -0.138. The highest BCUT2D eigenvalue weighted by molar-refractivity contribution is 5.82. The molecule has 2 aliphatic rings. The molecule has 1 amide bonds. The van der Waals surface area contributed by atoms with Gasteiger partial charge in [0.05, 0.1) is 17.7 Å². The zero-order valence-electron chi connectivity index (χ0n) is 18.0. The van der Waals surface area contributed by atoms with Crippen LogP contribution in [0.5, 0.6) is 0 Å². The van der Waals surface area contributed by atoms with Gasteiger partial charge in [-0.1, -0.05) is 19.3 Å². The minimum Gasteiger partial charge on any atom is -0.336 e. The van der Waals surface area contributed by atoms with Crippen LogP contribution < -0.4 is 5.32 Å². The molecular weight excluding hydrogens is 421 g/mol. The van der Waals surface area contributed by atoms with Gasteiger partial charge in [-0.3, -0.25) is 14.1 Å². The molecule has 2 aromatic heterocycles. The summed E-state index contributed by atoms with van der Waals surface area (Å²) in [6.45, 7) is 3.01. The third kappa shape index (κ3) is 4.44. The van der Waals surface area contributed by atoms with Crippen molar-refractivity contribution >= 4 is 11.6 Å². The van der Waals surface area contributed by atoms with Crippen molar-refractivity contribution in [3.63, 3.8) is 0 Å². The molecule has 1 saturated heterocycles. The van der Waals surface area contributed by atoms with Crippen molar-refractivity contribution in [2.75, 3.05) is 13.1 Å². The Morgan fingerprint density at radius 3 is 2.69 bits per heavy atom. The number of aromatic nitrogens is 3. The van der Waals surface area contributed by atoms with Crippen molar-refractivity contribution in [1.82, 2.24) is 24.8 Å². The van der Waals surface area contributed by atoms with E-state index in [-0.39, 0.29) is 11.8 Å². The monoisotopic (exact) mass is 448 g/mol. The Kier molecular flexibility index (Phi) is 6.12. The SMILES string of the molecule is CC(C(=O)NC1(C#N)CCCCC1)N1CCCC(c2nnc3ccc(C(F)(F)F)cn23)C1. The van der Waals surface area contributed by atoms with E-state index in [0.717, 1.165) is 44.4 Å². The number of nitrogens with zero attached hydrogens (tertiary/aromatic N) is 5. The fourth-order valence-electron chi connectivity index (χ4n) is 4.85. The summed E-state index contributed by atoms with van der Waals surface area (Å²) < 4.78 is 40.9. The topological polar surface area (TPSA) is 86.3 Å². The second-order valence-corrected chi connectivity index (χ2v) is 8.96. The lowest BCUT2D eigenvalue weighted by atomic mass is 9.82. The van der Waals surface area contributed by atoms with E-state index in [0.29, 0.717) is 37.4 Å². The molecule has 2 aromatic rings. The normalized spacial score (nSPS) is 22.9. The number of halogens is 3. The number of nitriles is 1. The molecule has 2 fully saturated rings. The Hall–Kier alpha value is -2.67. The van der Waals surface area contributed by atoms with Crippen LogP contribution in [0.2, 0.25) is 0 Å². The van der Waals surface area contributed by atoms with Crippen LogP contribution in [0.1, 0.15) is 69.2 Å². The van der Waals surface area contributed by atoms with Crippen molar-refractivity contribution in [3.8, 4) is 6.07 Å². The minimum absolute atomic E-state index is 0.142. The molecule has 7 nitrogen and oxygen atoms in total. The zero-order chi connectivity index (χ0) is 22.9. The Bertz CT molecular complexity index is 1020.